The topological polar surface area (TPSA) is 49.6 Å². The van der Waals surface area contributed by atoms with E-state index in [-0.39, 0.29) is 23.9 Å². The van der Waals surface area contributed by atoms with Crippen LogP contribution in [0.1, 0.15) is 44.6 Å². The van der Waals surface area contributed by atoms with Gasteiger partial charge in [-0.2, -0.15) is 0 Å². The maximum atomic E-state index is 13.2. The van der Waals surface area contributed by atoms with Crippen LogP contribution in [0.2, 0.25) is 0 Å². The van der Waals surface area contributed by atoms with E-state index in [2.05, 4.69) is 43.0 Å². The minimum Gasteiger partial charge on any atom is -0.339 e. The zero-order chi connectivity index (χ0) is 17.1. The Balaban J connectivity index is 1.71. The fourth-order valence-electron chi connectivity index (χ4n) is 4.31. The summed E-state index contributed by atoms with van der Waals surface area (Å²) < 4.78 is 0. The van der Waals surface area contributed by atoms with Crippen molar-refractivity contribution in [3.8, 4) is 0 Å². The second-order valence-electron chi connectivity index (χ2n) is 7.71. The summed E-state index contributed by atoms with van der Waals surface area (Å²) in [5.74, 6) is 0.868. The first-order chi connectivity index (χ1) is 11.6. The van der Waals surface area contributed by atoms with E-state index in [0.717, 1.165) is 19.6 Å². The lowest BCUT2D eigenvalue weighted by atomic mass is 9.95. The highest BCUT2D eigenvalue weighted by Crippen LogP contribution is 2.28. The van der Waals surface area contributed by atoms with E-state index in [1.165, 1.54) is 24.8 Å². The molecule has 4 nitrogen and oxygen atoms in total. The predicted octanol–water partition coefficient (Wildman–Crippen LogP) is 2.45. The number of carbonyl (C=O) groups is 1. The molecule has 0 saturated carbocycles. The molecule has 1 amide bonds. The van der Waals surface area contributed by atoms with Gasteiger partial charge in [0.1, 0.15) is 0 Å². The number of piperidine rings is 1. The summed E-state index contributed by atoms with van der Waals surface area (Å²) in [6, 6.07) is 10.4. The third-order valence-corrected chi connectivity index (χ3v) is 5.57. The summed E-state index contributed by atoms with van der Waals surface area (Å²) >= 11 is 0. The molecule has 0 bridgehead atoms. The Labute approximate surface area is 146 Å². The summed E-state index contributed by atoms with van der Waals surface area (Å²) in [6.45, 7) is 7.87. The Hall–Kier alpha value is -1.39. The highest BCUT2D eigenvalue weighted by Gasteiger charge is 2.39. The smallest absolute Gasteiger partial charge is 0.240 e. The van der Waals surface area contributed by atoms with E-state index < -0.39 is 0 Å². The molecular formula is C20H31N3O. The molecule has 0 aromatic heterocycles. The van der Waals surface area contributed by atoms with Crippen molar-refractivity contribution < 1.29 is 4.79 Å². The Morgan fingerprint density at radius 1 is 1.08 bits per heavy atom. The van der Waals surface area contributed by atoms with Crippen molar-refractivity contribution in [1.82, 2.24) is 9.80 Å². The fraction of sp³-hybridized carbons (Fsp3) is 0.650. The third kappa shape index (κ3) is 3.65. The molecule has 3 rings (SSSR count). The van der Waals surface area contributed by atoms with Gasteiger partial charge in [0, 0.05) is 25.0 Å². The fourth-order valence-corrected chi connectivity index (χ4v) is 4.31. The number of hydrogen-bond donors (Lipinski definition) is 1. The van der Waals surface area contributed by atoms with Crippen LogP contribution in [0.3, 0.4) is 0 Å². The van der Waals surface area contributed by atoms with Gasteiger partial charge in [0.05, 0.1) is 6.04 Å². The van der Waals surface area contributed by atoms with Gasteiger partial charge in [-0.1, -0.05) is 50.6 Å². The Morgan fingerprint density at radius 3 is 2.38 bits per heavy atom. The first kappa shape index (κ1) is 17.4. The van der Waals surface area contributed by atoms with E-state index in [9.17, 15) is 4.79 Å². The minimum atomic E-state index is 0.00650. The molecular weight excluding hydrogens is 298 g/mol. The maximum absolute atomic E-state index is 13.2. The number of rotatable bonds is 4. The van der Waals surface area contributed by atoms with Crippen molar-refractivity contribution in [3.05, 3.63) is 35.9 Å². The van der Waals surface area contributed by atoms with Crippen LogP contribution in [0.4, 0.5) is 0 Å². The monoisotopic (exact) mass is 329 g/mol. The summed E-state index contributed by atoms with van der Waals surface area (Å²) in [4.78, 5) is 17.7. The molecule has 1 aromatic rings. The lowest BCUT2D eigenvalue weighted by molar-refractivity contribution is -0.138. The molecule has 132 valence electrons. The Morgan fingerprint density at radius 2 is 1.75 bits per heavy atom. The minimum absolute atomic E-state index is 0.00650. The molecule has 4 heteroatoms. The second kappa shape index (κ2) is 7.66. The summed E-state index contributed by atoms with van der Waals surface area (Å²) in [6.07, 6.45) is 3.71. The summed E-state index contributed by atoms with van der Waals surface area (Å²) in [5.41, 5.74) is 7.64. The molecule has 1 aromatic carbocycles. The largest absolute Gasteiger partial charge is 0.339 e. The van der Waals surface area contributed by atoms with E-state index in [1.807, 2.05) is 11.0 Å². The van der Waals surface area contributed by atoms with Crippen LogP contribution in [-0.4, -0.2) is 54.0 Å². The first-order valence-electron chi connectivity index (χ1n) is 9.41. The first-order valence-corrected chi connectivity index (χ1v) is 9.41. The van der Waals surface area contributed by atoms with Crippen LogP contribution in [-0.2, 0) is 4.79 Å². The summed E-state index contributed by atoms with van der Waals surface area (Å²) in [7, 11) is 0. The zero-order valence-electron chi connectivity index (χ0n) is 15.0. The highest BCUT2D eigenvalue weighted by molar-refractivity contribution is 5.82. The number of carbonyl (C=O) groups excluding carboxylic acids is 1. The van der Waals surface area contributed by atoms with Crippen LogP contribution in [0, 0.1) is 5.92 Å². The molecule has 2 heterocycles. The normalized spacial score (nSPS) is 26.8. The molecule has 0 radical (unpaired) electrons. The molecule has 3 atom stereocenters. The van der Waals surface area contributed by atoms with Crippen molar-refractivity contribution in [2.75, 3.05) is 26.2 Å². The number of nitrogens with zero attached hydrogens (tertiary/aromatic N) is 2. The van der Waals surface area contributed by atoms with E-state index >= 15 is 0 Å². The van der Waals surface area contributed by atoms with Gasteiger partial charge in [-0.15, -0.1) is 0 Å². The van der Waals surface area contributed by atoms with Gasteiger partial charge in [0.2, 0.25) is 5.91 Å². The lowest BCUT2D eigenvalue weighted by Crippen LogP contribution is -2.52. The molecule has 0 spiro atoms. The standard InChI is InChI=1S/C20H31N3O/c1-15(2)19(22-11-7-4-8-12-22)20(24)23-13-17(18(21)14-23)16-9-5-3-6-10-16/h3,5-6,9-10,15,17-19H,4,7-8,11-14,21H2,1-2H3/t17-,18+,19?/m0/s1. The number of amides is 1. The Kier molecular flexibility index (Phi) is 5.57. The number of hydrogen-bond acceptors (Lipinski definition) is 3. The molecule has 2 N–H and O–H groups in total. The molecule has 2 fully saturated rings. The number of nitrogens with two attached hydrogens (primary N) is 1. The van der Waals surface area contributed by atoms with E-state index in [0.29, 0.717) is 12.5 Å². The van der Waals surface area contributed by atoms with Gasteiger partial charge in [0.25, 0.3) is 0 Å². The van der Waals surface area contributed by atoms with Crippen LogP contribution in [0.25, 0.3) is 0 Å². The van der Waals surface area contributed by atoms with Gasteiger partial charge in [-0.25, -0.2) is 0 Å². The van der Waals surface area contributed by atoms with E-state index in [1.54, 1.807) is 0 Å². The number of likely N-dealkylation sites (tertiary alicyclic amines) is 2. The van der Waals surface area contributed by atoms with Gasteiger partial charge in [0.15, 0.2) is 0 Å². The second-order valence-corrected chi connectivity index (χ2v) is 7.71. The van der Waals surface area contributed by atoms with Gasteiger partial charge in [-0.05, 0) is 37.4 Å². The number of benzene rings is 1. The van der Waals surface area contributed by atoms with Crippen LogP contribution >= 0.6 is 0 Å². The van der Waals surface area contributed by atoms with Gasteiger partial charge in [-0.3, -0.25) is 9.69 Å². The van der Waals surface area contributed by atoms with Crippen LogP contribution in [0.15, 0.2) is 30.3 Å². The van der Waals surface area contributed by atoms with Crippen molar-refractivity contribution >= 4 is 5.91 Å². The molecule has 2 saturated heterocycles. The van der Waals surface area contributed by atoms with Crippen molar-refractivity contribution in [3.63, 3.8) is 0 Å². The third-order valence-electron chi connectivity index (χ3n) is 5.57. The van der Waals surface area contributed by atoms with E-state index in [4.69, 9.17) is 5.73 Å². The average Bonchev–Trinajstić information content (AvgIpc) is 2.98. The lowest BCUT2D eigenvalue weighted by Gasteiger charge is -2.38. The van der Waals surface area contributed by atoms with Crippen molar-refractivity contribution in [1.29, 1.82) is 0 Å². The molecule has 2 aliphatic heterocycles. The average molecular weight is 329 g/mol. The zero-order valence-corrected chi connectivity index (χ0v) is 15.0. The summed E-state index contributed by atoms with van der Waals surface area (Å²) in [5, 5.41) is 0. The van der Waals surface area contributed by atoms with Gasteiger partial charge >= 0.3 is 0 Å². The molecule has 1 unspecified atom stereocenters. The van der Waals surface area contributed by atoms with Crippen molar-refractivity contribution in [2.24, 2.45) is 11.7 Å². The van der Waals surface area contributed by atoms with Crippen LogP contribution in [0.5, 0.6) is 0 Å². The SMILES string of the molecule is CC(C)C(C(=O)N1C[C@@H](N)[C@H](c2ccccc2)C1)N1CCCCC1. The van der Waals surface area contributed by atoms with Crippen molar-refractivity contribution in [2.45, 2.75) is 51.1 Å². The molecule has 2 aliphatic rings. The molecule has 0 aliphatic carbocycles. The van der Waals surface area contributed by atoms with Crippen LogP contribution < -0.4 is 5.73 Å². The predicted molar refractivity (Wildman–Crippen MR) is 97.8 cm³/mol. The maximum Gasteiger partial charge on any atom is 0.240 e. The van der Waals surface area contributed by atoms with Gasteiger partial charge < -0.3 is 10.6 Å². The molecule has 24 heavy (non-hydrogen) atoms. The Bertz CT molecular complexity index is 539. The quantitative estimate of drug-likeness (QED) is 0.923. The highest BCUT2D eigenvalue weighted by atomic mass is 16.2.